The van der Waals surface area contributed by atoms with E-state index in [0.717, 1.165) is 0 Å². The highest BCUT2D eigenvalue weighted by molar-refractivity contribution is 5.63. The number of para-hydroxylation sites is 1. The average Bonchev–Trinajstić information content (AvgIpc) is 2.08. The molecule has 0 fully saturated rings. The van der Waals surface area contributed by atoms with Gasteiger partial charge in [-0.25, -0.2) is 4.79 Å². The summed E-state index contributed by atoms with van der Waals surface area (Å²) in [4.78, 5) is 10.3. The first kappa shape index (κ1) is 9.14. The fourth-order valence-corrected chi connectivity index (χ4v) is 0.888. The molecule has 0 aliphatic rings. The van der Waals surface area contributed by atoms with Crippen molar-refractivity contribution in [1.82, 2.24) is 0 Å². The fourth-order valence-electron chi connectivity index (χ4n) is 0.888. The van der Waals surface area contributed by atoms with Crippen molar-refractivity contribution in [3.05, 3.63) is 29.8 Å². The van der Waals surface area contributed by atoms with Crippen LogP contribution in [0.25, 0.3) is 0 Å². The van der Waals surface area contributed by atoms with Crippen LogP contribution in [0.2, 0.25) is 0 Å². The first-order valence-corrected chi connectivity index (χ1v) is 3.66. The molecule has 0 spiro atoms. The van der Waals surface area contributed by atoms with Gasteiger partial charge in [0.15, 0.2) is 0 Å². The maximum atomic E-state index is 10.3. The van der Waals surface area contributed by atoms with Crippen molar-refractivity contribution < 1.29 is 14.6 Å². The smallest absolute Gasteiger partial charge is 0.449 e. The Labute approximate surface area is 76.0 Å². The lowest BCUT2D eigenvalue weighted by atomic mass is 10.2. The van der Waals surface area contributed by atoms with Crippen molar-refractivity contribution in [3.63, 3.8) is 0 Å². The number of carboxylic acid groups (broad SMARTS) is 1. The first-order chi connectivity index (χ1) is 6.24. The fraction of sp³-hybridized carbons (Fsp3) is 0.100. The third kappa shape index (κ3) is 2.53. The summed E-state index contributed by atoms with van der Waals surface area (Å²) < 4.78 is 4.51. The third-order valence-electron chi connectivity index (χ3n) is 1.34. The molecule has 0 bridgehead atoms. The third-order valence-corrected chi connectivity index (χ3v) is 1.34. The lowest BCUT2D eigenvalue weighted by Gasteiger charge is -2.00. The van der Waals surface area contributed by atoms with Gasteiger partial charge in [0.2, 0.25) is 0 Å². The van der Waals surface area contributed by atoms with Crippen LogP contribution in [0.5, 0.6) is 5.75 Å². The molecule has 0 heterocycles. The Morgan fingerprint density at radius 2 is 2.15 bits per heavy atom. The zero-order valence-electron chi connectivity index (χ0n) is 7.07. The molecular weight excluding hydrogens is 168 g/mol. The van der Waals surface area contributed by atoms with Crippen LogP contribution in [0, 0.1) is 11.8 Å². The van der Waals surface area contributed by atoms with Crippen LogP contribution in [-0.2, 0) is 0 Å². The van der Waals surface area contributed by atoms with Crippen molar-refractivity contribution in [1.29, 1.82) is 0 Å². The Balaban J connectivity index is 3.02. The molecule has 0 aliphatic heterocycles. The zero-order valence-corrected chi connectivity index (χ0v) is 7.07. The van der Waals surface area contributed by atoms with Gasteiger partial charge in [0.05, 0.1) is 5.56 Å². The van der Waals surface area contributed by atoms with Gasteiger partial charge in [-0.15, -0.1) is 5.92 Å². The number of rotatable bonds is 1. The topological polar surface area (TPSA) is 46.5 Å². The Kier molecular flexibility index (Phi) is 2.93. The Morgan fingerprint density at radius 1 is 1.46 bits per heavy atom. The summed E-state index contributed by atoms with van der Waals surface area (Å²) in [6.07, 6.45) is -1.33. The van der Waals surface area contributed by atoms with Gasteiger partial charge in [-0.05, 0) is 19.1 Å². The summed E-state index contributed by atoms with van der Waals surface area (Å²) in [5.74, 6) is 5.69. The summed E-state index contributed by atoms with van der Waals surface area (Å²) in [7, 11) is 0. The maximum Gasteiger partial charge on any atom is 0.511 e. The minimum Gasteiger partial charge on any atom is -0.449 e. The van der Waals surface area contributed by atoms with Gasteiger partial charge in [0, 0.05) is 0 Å². The molecule has 0 saturated carbocycles. The predicted octanol–water partition coefficient (Wildman–Crippen LogP) is 2.11. The van der Waals surface area contributed by atoms with Crippen molar-refractivity contribution in [2.45, 2.75) is 6.92 Å². The lowest BCUT2D eigenvalue weighted by molar-refractivity contribution is 0.144. The number of hydrogen-bond donors (Lipinski definition) is 1. The lowest BCUT2D eigenvalue weighted by Crippen LogP contribution is -2.04. The molecule has 0 atom stereocenters. The zero-order chi connectivity index (χ0) is 9.68. The molecule has 0 aromatic heterocycles. The molecule has 0 amide bonds. The molecule has 1 aromatic carbocycles. The van der Waals surface area contributed by atoms with Gasteiger partial charge in [-0.3, -0.25) is 0 Å². The number of carbonyl (C=O) groups is 1. The van der Waals surface area contributed by atoms with E-state index in [1.54, 1.807) is 31.2 Å². The van der Waals surface area contributed by atoms with E-state index in [9.17, 15) is 4.79 Å². The second kappa shape index (κ2) is 4.17. The van der Waals surface area contributed by atoms with E-state index < -0.39 is 6.16 Å². The molecule has 1 rings (SSSR count). The molecule has 1 N–H and O–H groups in total. The molecule has 13 heavy (non-hydrogen) atoms. The highest BCUT2D eigenvalue weighted by Gasteiger charge is 2.03. The molecule has 1 aromatic rings. The predicted molar refractivity (Wildman–Crippen MR) is 47.6 cm³/mol. The van der Waals surface area contributed by atoms with E-state index in [1.165, 1.54) is 0 Å². The first-order valence-electron chi connectivity index (χ1n) is 3.66. The molecule has 0 unspecified atom stereocenters. The standard InChI is InChI=1S/C10H8O3/c1-2-5-8-6-3-4-7-9(8)13-10(11)12/h3-4,6-7H,1H3,(H,11,12). The second-order valence-corrected chi connectivity index (χ2v) is 2.24. The monoisotopic (exact) mass is 176 g/mol. The molecular formula is C10H8O3. The van der Waals surface area contributed by atoms with Gasteiger partial charge >= 0.3 is 6.16 Å². The van der Waals surface area contributed by atoms with Crippen LogP contribution < -0.4 is 4.74 Å². The Morgan fingerprint density at radius 3 is 2.77 bits per heavy atom. The van der Waals surface area contributed by atoms with E-state index in [1.807, 2.05) is 0 Å². The van der Waals surface area contributed by atoms with Crippen LogP contribution >= 0.6 is 0 Å². The molecule has 3 heteroatoms. The van der Waals surface area contributed by atoms with Crippen LogP contribution in [0.15, 0.2) is 24.3 Å². The summed E-state index contributed by atoms with van der Waals surface area (Å²) in [5, 5.41) is 8.39. The van der Waals surface area contributed by atoms with Crippen molar-refractivity contribution in [2.75, 3.05) is 0 Å². The van der Waals surface area contributed by atoms with Crippen molar-refractivity contribution in [3.8, 4) is 17.6 Å². The van der Waals surface area contributed by atoms with Gasteiger partial charge < -0.3 is 9.84 Å². The van der Waals surface area contributed by atoms with Crippen molar-refractivity contribution in [2.24, 2.45) is 0 Å². The number of ether oxygens (including phenoxy) is 1. The van der Waals surface area contributed by atoms with E-state index in [2.05, 4.69) is 16.6 Å². The minimum atomic E-state index is -1.33. The van der Waals surface area contributed by atoms with Crippen LogP contribution in [0.1, 0.15) is 12.5 Å². The van der Waals surface area contributed by atoms with E-state index in [-0.39, 0.29) is 5.75 Å². The van der Waals surface area contributed by atoms with Crippen LogP contribution in [0.4, 0.5) is 4.79 Å². The summed E-state index contributed by atoms with van der Waals surface area (Å²) in [6, 6.07) is 6.73. The quantitative estimate of drug-likeness (QED) is 0.405. The van der Waals surface area contributed by atoms with Crippen LogP contribution in [0.3, 0.4) is 0 Å². The Bertz CT molecular complexity index is 371. The Hall–Kier alpha value is -1.95. The highest BCUT2D eigenvalue weighted by Crippen LogP contribution is 2.16. The SMILES string of the molecule is CC#Cc1ccccc1OC(=O)O. The maximum absolute atomic E-state index is 10.3. The second-order valence-electron chi connectivity index (χ2n) is 2.24. The highest BCUT2D eigenvalue weighted by atomic mass is 16.7. The molecule has 66 valence electrons. The number of hydrogen-bond acceptors (Lipinski definition) is 2. The summed E-state index contributed by atoms with van der Waals surface area (Å²) in [6.45, 7) is 1.68. The van der Waals surface area contributed by atoms with E-state index >= 15 is 0 Å². The molecule has 0 aliphatic carbocycles. The summed E-state index contributed by atoms with van der Waals surface area (Å²) in [5.41, 5.74) is 0.576. The largest absolute Gasteiger partial charge is 0.511 e. The van der Waals surface area contributed by atoms with Gasteiger partial charge in [-0.2, -0.15) is 0 Å². The van der Waals surface area contributed by atoms with E-state index in [4.69, 9.17) is 5.11 Å². The van der Waals surface area contributed by atoms with E-state index in [0.29, 0.717) is 5.56 Å². The molecule has 0 saturated heterocycles. The minimum absolute atomic E-state index is 0.268. The van der Waals surface area contributed by atoms with Gasteiger partial charge in [-0.1, -0.05) is 18.1 Å². The van der Waals surface area contributed by atoms with Crippen molar-refractivity contribution >= 4 is 6.16 Å². The van der Waals surface area contributed by atoms with Gasteiger partial charge in [0.1, 0.15) is 5.75 Å². The molecule has 3 nitrogen and oxygen atoms in total. The summed E-state index contributed by atoms with van der Waals surface area (Å²) >= 11 is 0. The number of benzene rings is 1. The molecule has 0 radical (unpaired) electrons. The van der Waals surface area contributed by atoms with Crippen LogP contribution in [-0.4, -0.2) is 11.3 Å². The van der Waals surface area contributed by atoms with Gasteiger partial charge in [0.25, 0.3) is 0 Å². The average molecular weight is 176 g/mol. The normalized spacial score (nSPS) is 8.38.